The normalized spacial score (nSPS) is 13.7. The highest BCUT2D eigenvalue weighted by Crippen LogP contribution is 2.27. The molecule has 3 rings (SSSR count). The summed E-state index contributed by atoms with van der Waals surface area (Å²) in [5.41, 5.74) is 2.23. The van der Waals surface area contributed by atoms with Crippen LogP contribution in [0, 0.1) is 13.8 Å². The Morgan fingerprint density at radius 3 is 2.48 bits per heavy atom. The molecule has 9 nitrogen and oxygen atoms in total. The molecule has 0 fully saturated rings. The standard InChI is InChI=1S/C21H27N5O4S/c1-5-18(20-14(2)25-30-15(20)3)21(27)24-19(16-9-7-6-8-10-16)12-23-31(28,29)17-11-22-26(4)13-17/h6-11,13,18-19,23H,5,12H2,1-4H3,(H,24,27). The molecule has 2 N–H and O–H groups in total. The van der Waals surface area contributed by atoms with Gasteiger partial charge in [0.25, 0.3) is 0 Å². The minimum absolute atomic E-state index is 0.00891. The molecule has 166 valence electrons. The lowest BCUT2D eigenvalue weighted by molar-refractivity contribution is -0.123. The van der Waals surface area contributed by atoms with Crippen molar-refractivity contribution in [3.05, 3.63) is 65.3 Å². The number of benzene rings is 1. The van der Waals surface area contributed by atoms with Gasteiger partial charge in [-0.3, -0.25) is 9.48 Å². The average Bonchev–Trinajstić information content (AvgIpc) is 3.33. The van der Waals surface area contributed by atoms with Crippen LogP contribution in [-0.2, 0) is 21.9 Å². The first-order chi connectivity index (χ1) is 14.7. The number of hydrogen-bond donors (Lipinski definition) is 2. The average molecular weight is 446 g/mol. The fraction of sp³-hybridized carbons (Fsp3) is 0.381. The Labute approximate surface area is 181 Å². The zero-order chi connectivity index (χ0) is 22.6. The van der Waals surface area contributed by atoms with Crippen molar-refractivity contribution in [3.8, 4) is 0 Å². The van der Waals surface area contributed by atoms with E-state index >= 15 is 0 Å². The van der Waals surface area contributed by atoms with Gasteiger partial charge in [0, 0.05) is 25.4 Å². The molecule has 0 aliphatic carbocycles. The van der Waals surface area contributed by atoms with Gasteiger partial charge in [0.15, 0.2) is 0 Å². The lowest BCUT2D eigenvalue weighted by atomic mass is 9.93. The predicted octanol–water partition coefficient (Wildman–Crippen LogP) is 2.35. The summed E-state index contributed by atoms with van der Waals surface area (Å²) in [6.07, 6.45) is 3.25. The number of amides is 1. The smallest absolute Gasteiger partial charge is 0.243 e. The number of aryl methyl sites for hydroxylation is 3. The molecule has 2 aromatic heterocycles. The maximum absolute atomic E-state index is 13.2. The van der Waals surface area contributed by atoms with Gasteiger partial charge in [-0.25, -0.2) is 13.1 Å². The van der Waals surface area contributed by atoms with Crippen LogP contribution >= 0.6 is 0 Å². The Morgan fingerprint density at radius 2 is 1.94 bits per heavy atom. The summed E-state index contributed by atoms with van der Waals surface area (Å²) in [5.74, 6) is -0.0632. The zero-order valence-corrected chi connectivity index (χ0v) is 18.8. The van der Waals surface area contributed by atoms with Crippen LogP contribution in [0.1, 0.15) is 47.9 Å². The van der Waals surface area contributed by atoms with Crippen LogP contribution in [-0.4, -0.2) is 35.8 Å². The van der Waals surface area contributed by atoms with Gasteiger partial charge in [0.2, 0.25) is 15.9 Å². The number of carbonyl (C=O) groups excluding carboxylic acids is 1. The Bertz CT molecular complexity index is 1120. The molecule has 0 saturated heterocycles. The van der Waals surface area contributed by atoms with Crippen LogP contribution in [0.4, 0.5) is 0 Å². The molecule has 0 aliphatic rings. The van der Waals surface area contributed by atoms with Gasteiger partial charge in [-0.2, -0.15) is 5.10 Å². The summed E-state index contributed by atoms with van der Waals surface area (Å²) in [5, 5.41) is 10.9. The van der Waals surface area contributed by atoms with Crippen LogP contribution in [0.3, 0.4) is 0 Å². The number of carbonyl (C=O) groups is 1. The molecule has 0 bridgehead atoms. The summed E-state index contributed by atoms with van der Waals surface area (Å²) < 4.78 is 34.5. The van der Waals surface area contributed by atoms with E-state index in [0.717, 1.165) is 11.1 Å². The number of hydrogen-bond acceptors (Lipinski definition) is 6. The quantitative estimate of drug-likeness (QED) is 0.522. The van der Waals surface area contributed by atoms with E-state index in [0.29, 0.717) is 17.9 Å². The summed E-state index contributed by atoms with van der Waals surface area (Å²) in [6, 6.07) is 8.68. The molecule has 0 radical (unpaired) electrons. The zero-order valence-electron chi connectivity index (χ0n) is 18.0. The predicted molar refractivity (Wildman–Crippen MR) is 115 cm³/mol. The molecule has 2 unspecified atom stereocenters. The molecular formula is C21H27N5O4S. The van der Waals surface area contributed by atoms with Crippen molar-refractivity contribution in [2.45, 2.75) is 44.0 Å². The van der Waals surface area contributed by atoms with E-state index in [-0.39, 0.29) is 17.3 Å². The maximum atomic E-state index is 13.2. The van der Waals surface area contributed by atoms with E-state index < -0.39 is 22.0 Å². The number of nitrogens with zero attached hydrogens (tertiary/aromatic N) is 3. The molecule has 31 heavy (non-hydrogen) atoms. The van der Waals surface area contributed by atoms with Crippen molar-refractivity contribution in [1.82, 2.24) is 25.0 Å². The first-order valence-corrected chi connectivity index (χ1v) is 11.5. The molecule has 2 heterocycles. The van der Waals surface area contributed by atoms with Crippen molar-refractivity contribution in [2.75, 3.05) is 6.54 Å². The molecule has 3 aromatic rings. The maximum Gasteiger partial charge on any atom is 0.243 e. The molecular weight excluding hydrogens is 418 g/mol. The first kappa shape index (κ1) is 22.7. The van der Waals surface area contributed by atoms with Crippen molar-refractivity contribution < 1.29 is 17.7 Å². The minimum Gasteiger partial charge on any atom is -0.361 e. The Morgan fingerprint density at radius 1 is 1.23 bits per heavy atom. The van der Waals surface area contributed by atoms with Crippen molar-refractivity contribution in [3.63, 3.8) is 0 Å². The third kappa shape index (κ3) is 5.20. The monoisotopic (exact) mass is 445 g/mol. The van der Waals surface area contributed by atoms with Gasteiger partial charge < -0.3 is 9.84 Å². The van der Waals surface area contributed by atoms with Crippen LogP contribution in [0.5, 0.6) is 0 Å². The highest BCUT2D eigenvalue weighted by Gasteiger charge is 2.28. The number of nitrogens with one attached hydrogen (secondary N) is 2. The topological polar surface area (TPSA) is 119 Å². The minimum atomic E-state index is -3.77. The SMILES string of the molecule is CCC(C(=O)NC(CNS(=O)(=O)c1cnn(C)c1)c1ccccc1)c1c(C)noc1C. The first-order valence-electron chi connectivity index (χ1n) is 9.99. The summed E-state index contributed by atoms with van der Waals surface area (Å²) in [4.78, 5) is 13.3. The summed E-state index contributed by atoms with van der Waals surface area (Å²) >= 11 is 0. The second kappa shape index (κ2) is 9.44. The number of rotatable bonds is 9. The molecule has 0 spiro atoms. The lowest BCUT2D eigenvalue weighted by Gasteiger charge is -2.23. The lowest BCUT2D eigenvalue weighted by Crippen LogP contribution is -2.40. The second-order valence-corrected chi connectivity index (χ2v) is 9.14. The van der Waals surface area contributed by atoms with Gasteiger partial charge >= 0.3 is 0 Å². The van der Waals surface area contributed by atoms with E-state index in [4.69, 9.17) is 4.52 Å². The van der Waals surface area contributed by atoms with Crippen LogP contribution in [0.2, 0.25) is 0 Å². The third-order valence-electron chi connectivity index (χ3n) is 5.15. The van der Waals surface area contributed by atoms with E-state index in [1.807, 2.05) is 37.3 Å². The highest BCUT2D eigenvalue weighted by atomic mass is 32.2. The Kier molecular flexibility index (Phi) is 6.91. The van der Waals surface area contributed by atoms with Gasteiger partial charge in [-0.1, -0.05) is 42.4 Å². The largest absolute Gasteiger partial charge is 0.361 e. The van der Waals surface area contributed by atoms with E-state index in [1.165, 1.54) is 17.1 Å². The van der Waals surface area contributed by atoms with Crippen molar-refractivity contribution in [1.29, 1.82) is 0 Å². The third-order valence-corrected chi connectivity index (χ3v) is 6.53. The number of sulfonamides is 1. The van der Waals surface area contributed by atoms with E-state index in [1.54, 1.807) is 20.9 Å². The molecule has 10 heteroatoms. The molecule has 0 aliphatic heterocycles. The molecule has 2 atom stereocenters. The van der Waals surface area contributed by atoms with E-state index in [2.05, 4.69) is 20.3 Å². The number of aromatic nitrogens is 3. The summed E-state index contributed by atoms with van der Waals surface area (Å²) in [7, 11) is -2.13. The molecule has 1 aromatic carbocycles. The fourth-order valence-corrected chi connectivity index (χ4v) is 4.56. The fourth-order valence-electron chi connectivity index (χ4n) is 3.53. The van der Waals surface area contributed by atoms with E-state index in [9.17, 15) is 13.2 Å². The van der Waals surface area contributed by atoms with Crippen LogP contribution in [0.15, 0.2) is 52.1 Å². The van der Waals surface area contributed by atoms with Crippen LogP contribution in [0.25, 0.3) is 0 Å². The van der Waals surface area contributed by atoms with Gasteiger partial charge in [-0.05, 0) is 25.8 Å². The van der Waals surface area contributed by atoms with Gasteiger partial charge in [0.1, 0.15) is 10.7 Å². The second-order valence-electron chi connectivity index (χ2n) is 7.37. The van der Waals surface area contributed by atoms with Crippen LogP contribution < -0.4 is 10.0 Å². The van der Waals surface area contributed by atoms with Gasteiger partial charge in [0.05, 0.1) is 23.9 Å². The highest BCUT2D eigenvalue weighted by molar-refractivity contribution is 7.89. The van der Waals surface area contributed by atoms with Crippen molar-refractivity contribution in [2.24, 2.45) is 7.05 Å². The molecule has 1 amide bonds. The van der Waals surface area contributed by atoms with Crippen molar-refractivity contribution >= 4 is 15.9 Å². The molecule has 0 saturated carbocycles. The Balaban J connectivity index is 1.82. The Hall–Kier alpha value is -2.98. The van der Waals surface area contributed by atoms with Gasteiger partial charge in [-0.15, -0.1) is 0 Å². The summed E-state index contributed by atoms with van der Waals surface area (Å²) in [6.45, 7) is 5.49.